The van der Waals surface area contributed by atoms with Gasteiger partial charge >= 0.3 is 0 Å². The summed E-state index contributed by atoms with van der Waals surface area (Å²) >= 11 is 0. The van der Waals surface area contributed by atoms with Crippen molar-refractivity contribution in [2.45, 2.75) is 58.7 Å². The summed E-state index contributed by atoms with van der Waals surface area (Å²) in [6.07, 6.45) is 1.95. The summed E-state index contributed by atoms with van der Waals surface area (Å²) in [5.41, 5.74) is 5.26. The van der Waals surface area contributed by atoms with Crippen molar-refractivity contribution in [2.24, 2.45) is 5.73 Å². The Kier molecular flexibility index (Phi) is 6.41. The fourth-order valence-corrected chi connectivity index (χ4v) is 1.08. The number of hydrogen-bond acceptors (Lipinski definition) is 3. The molecule has 0 amide bonds. The monoisotopic (exact) mass is 217 g/mol. The summed E-state index contributed by atoms with van der Waals surface area (Å²) < 4.78 is 11.4. The van der Waals surface area contributed by atoms with E-state index in [0.717, 1.165) is 19.4 Å². The second-order valence-corrected chi connectivity index (χ2v) is 5.17. The van der Waals surface area contributed by atoms with Crippen molar-refractivity contribution < 1.29 is 9.47 Å². The van der Waals surface area contributed by atoms with Crippen LogP contribution in [0, 0.1) is 0 Å². The molecule has 15 heavy (non-hydrogen) atoms. The van der Waals surface area contributed by atoms with Crippen LogP contribution in [0.25, 0.3) is 0 Å². The summed E-state index contributed by atoms with van der Waals surface area (Å²) in [6.45, 7) is 12.4. The molecule has 0 aromatic rings. The largest absolute Gasteiger partial charge is 0.375 e. The molecular formula is C12H27NO2. The summed E-state index contributed by atoms with van der Waals surface area (Å²) in [4.78, 5) is 0. The van der Waals surface area contributed by atoms with Crippen LogP contribution in [-0.4, -0.2) is 31.0 Å². The van der Waals surface area contributed by atoms with Gasteiger partial charge in [-0.05, 0) is 40.5 Å². The summed E-state index contributed by atoms with van der Waals surface area (Å²) in [6, 6.07) is 0. The van der Waals surface area contributed by atoms with Gasteiger partial charge in [0.2, 0.25) is 0 Å². The minimum absolute atomic E-state index is 0.0965. The molecule has 0 heterocycles. The van der Waals surface area contributed by atoms with E-state index in [2.05, 4.69) is 20.8 Å². The predicted molar refractivity (Wildman–Crippen MR) is 64.0 cm³/mol. The normalized spacial score (nSPS) is 13.2. The fourth-order valence-electron chi connectivity index (χ4n) is 1.08. The van der Waals surface area contributed by atoms with E-state index in [9.17, 15) is 0 Å². The molecule has 0 rings (SSSR count). The summed E-state index contributed by atoms with van der Waals surface area (Å²) in [7, 11) is 0. The smallest absolute Gasteiger partial charge is 0.0748 e. The maximum Gasteiger partial charge on any atom is 0.0748 e. The van der Waals surface area contributed by atoms with Crippen LogP contribution in [0.2, 0.25) is 0 Å². The SMILES string of the molecule is CCCOC(C)(C)CCOC(C)(C)CN. The Morgan fingerprint density at radius 1 is 0.933 bits per heavy atom. The van der Waals surface area contributed by atoms with Crippen LogP contribution in [0.4, 0.5) is 0 Å². The van der Waals surface area contributed by atoms with Crippen molar-refractivity contribution in [1.82, 2.24) is 0 Å². The topological polar surface area (TPSA) is 44.5 Å². The average Bonchev–Trinajstić information content (AvgIpc) is 2.14. The average molecular weight is 217 g/mol. The number of nitrogens with two attached hydrogens (primary N) is 1. The lowest BCUT2D eigenvalue weighted by Crippen LogP contribution is -2.36. The number of ether oxygens (including phenoxy) is 2. The first-order valence-electron chi connectivity index (χ1n) is 5.81. The lowest BCUT2D eigenvalue weighted by atomic mass is 10.1. The third-order valence-corrected chi connectivity index (χ3v) is 2.39. The van der Waals surface area contributed by atoms with Gasteiger partial charge in [-0.1, -0.05) is 6.92 Å². The summed E-state index contributed by atoms with van der Waals surface area (Å²) in [5, 5.41) is 0. The van der Waals surface area contributed by atoms with Crippen LogP contribution in [-0.2, 0) is 9.47 Å². The molecule has 3 nitrogen and oxygen atoms in total. The number of rotatable bonds is 8. The van der Waals surface area contributed by atoms with Gasteiger partial charge in [-0.2, -0.15) is 0 Å². The molecule has 0 radical (unpaired) electrons. The molecular weight excluding hydrogens is 190 g/mol. The van der Waals surface area contributed by atoms with Gasteiger partial charge in [-0.25, -0.2) is 0 Å². The van der Waals surface area contributed by atoms with Gasteiger partial charge in [0.15, 0.2) is 0 Å². The molecule has 0 spiro atoms. The molecule has 0 aromatic carbocycles. The zero-order valence-electron chi connectivity index (χ0n) is 10.9. The molecule has 0 unspecified atom stereocenters. The first-order valence-corrected chi connectivity index (χ1v) is 5.81. The van der Waals surface area contributed by atoms with Crippen molar-refractivity contribution in [3.8, 4) is 0 Å². The Morgan fingerprint density at radius 2 is 1.47 bits per heavy atom. The lowest BCUT2D eigenvalue weighted by Gasteiger charge is -2.28. The molecule has 0 bridgehead atoms. The van der Waals surface area contributed by atoms with Crippen molar-refractivity contribution in [3.05, 3.63) is 0 Å². The Bertz CT molecular complexity index is 167. The molecule has 0 aromatic heterocycles. The minimum atomic E-state index is -0.221. The standard InChI is InChI=1S/C12H27NO2/c1-6-8-14-11(2,3)7-9-15-12(4,5)10-13/h6-10,13H2,1-5H3. The van der Waals surface area contributed by atoms with E-state index in [4.69, 9.17) is 15.2 Å². The maximum absolute atomic E-state index is 5.72. The van der Waals surface area contributed by atoms with Gasteiger partial charge in [-0.15, -0.1) is 0 Å². The van der Waals surface area contributed by atoms with E-state index in [1.54, 1.807) is 0 Å². The van der Waals surface area contributed by atoms with Crippen molar-refractivity contribution in [2.75, 3.05) is 19.8 Å². The van der Waals surface area contributed by atoms with Crippen LogP contribution >= 0.6 is 0 Å². The Morgan fingerprint density at radius 3 is 1.93 bits per heavy atom. The molecule has 2 N–H and O–H groups in total. The molecule has 0 saturated carbocycles. The van der Waals surface area contributed by atoms with Gasteiger partial charge in [0.1, 0.15) is 0 Å². The third-order valence-electron chi connectivity index (χ3n) is 2.39. The van der Waals surface area contributed by atoms with E-state index >= 15 is 0 Å². The summed E-state index contributed by atoms with van der Waals surface area (Å²) in [5.74, 6) is 0. The second kappa shape index (κ2) is 6.46. The van der Waals surface area contributed by atoms with Gasteiger partial charge in [0.05, 0.1) is 17.8 Å². The molecule has 0 aliphatic carbocycles. The Labute approximate surface area is 94.3 Å². The molecule has 3 heteroatoms. The van der Waals surface area contributed by atoms with Crippen LogP contribution in [0.15, 0.2) is 0 Å². The predicted octanol–water partition coefficient (Wildman–Crippen LogP) is 2.34. The highest BCUT2D eigenvalue weighted by atomic mass is 16.5. The molecule has 0 fully saturated rings. The first-order chi connectivity index (χ1) is 6.83. The van der Waals surface area contributed by atoms with Gasteiger partial charge in [0, 0.05) is 13.2 Å². The number of hydrogen-bond donors (Lipinski definition) is 1. The molecule has 92 valence electrons. The van der Waals surface area contributed by atoms with E-state index in [0.29, 0.717) is 13.2 Å². The van der Waals surface area contributed by atoms with E-state index in [-0.39, 0.29) is 11.2 Å². The highest BCUT2D eigenvalue weighted by Gasteiger charge is 2.21. The maximum atomic E-state index is 5.72. The molecule has 0 aliphatic rings. The second-order valence-electron chi connectivity index (χ2n) is 5.17. The van der Waals surface area contributed by atoms with E-state index < -0.39 is 0 Å². The zero-order valence-corrected chi connectivity index (χ0v) is 10.9. The fraction of sp³-hybridized carbons (Fsp3) is 1.00. The third kappa shape index (κ3) is 7.77. The van der Waals surface area contributed by atoms with Crippen molar-refractivity contribution in [3.63, 3.8) is 0 Å². The minimum Gasteiger partial charge on any atom is -0.375 e. The van der Waals surface area contributed by atoms with E-state index in [1.165, 1.54) is 0 Å². The van der Waals surface area contributed by atoms with Gasteiger partial charge < -0.3 is 15.2 Å². The van der Waals surface area contributed by atoms with Crippen molar-refractivity contribution >= 4 is 0 Å². The van der Waals surface area contributed by atoms with Gasteiger partial charge in [-0.3, -0.25) is 0 Å². The van der Waals surface area contributed by atoms with Gasteiger partial charge in [0.25, 0.3) is 0 Å². The van der Waals surface area contributed by atoms with Crippen LogP contribution in [0.5, 0.6) is 0 Å². The quantitative estimate of drug-likeness (QED) is 0.678. The lowest BCUT2D eigenvalue weighted by molar-refractivity contribution is -0.0688. The Balaban J connectivity index is 3.74. The molecule has 0 saturated heterocycles. The van der Waals surface area contributed by atoms with Crippen molar-refractivity contribution in [1.29, 1.82) is 0 Å². The van der Waals surface area contributed by atoms with Crippen LogP contribution < -0.4 is 5.73 Å². The van der Waals surface area contributed by atoms with Crippen LogP contribution in [0.3, 0.4) is 0 Å². The van der Waals surface area contributed by atoms with E-state index in [1.807, 2.05) is 13.8 Å². The molecule has 0 atom stereocenters. The highest BCUT2D eigenvalue weighted by molar-refractivity contribution is 4.72. The first kappa shape index (κ1) is 14.9. The highest BCUT2D eigenvalue weighted by Crippen LogP contribution is 2.17. The van der Waals surface area contributed by atoms with Crippen LogP contribution in [0.1, 0.15) is 47.5 Å². The zero-order chi connectivity index (χ0) is 11.9. The molecule has 0 aliphatic heterocycles. The Hall–Kier alpha value is -0.120.